The summed E-state index contributed by atoms with van der Waals surface area (Å²) in [5.74, 6) is -1.69. The summed E-state index contributed by atoms with van der Waals surface area (Å²) < 4.78 is 13.6. The van der Waals surface area contributed by atoms with Crippen molar-refractivity contribution in [2.45, 2.75) is 25.6 Å². The highest BCUT2D eigenvalue weighted by Gasteiger charge is 2.59. The normalized spacial score (nSPS) is 22.8. The van der Waals surface area contributed by atoms with Gasteiger partial charge < -0.3 is 0 Å². The summed E-state index contributed by atoms with van der Waals surface area (Å²) in [4.78, 5) is 34.0. The number of imide groups is 1. The van der Waals surface area contributed by atoms with Gasteiger partial charge in [-0.1, -0.05) is 60.7 Å². The molecule has 2 fully saturated rings. The van der Waals surface area contributed by atoms with Crippen LogP contribution in [0.25, 0.3) is 0 Å². The highest BCUT2D eigenvalue weighted by molar-refractivity contribution is 6.07. The lowest BCUT2D eigenvalue weighted by Crippen LogP contribution is -2.37. The lowest BCUT2D eigenvalue weighted by Gasteiger charge is -2.29. The Labute approximate surface area is 179 Å². The van der Waals surface area contributed by atoms with Gasteiger partial charge in [0.1, 0.15) is 11.7 Å². The first-order chi connectivity index (χ1) is 15.0. The molecule has 0 aromatic heterocycles. The van der Waals surface area contributed by atoms with Crippen LogP contribution in [0.3, 0.4) is 0 Å². The molecule has 0 aliphatic carbocycles. The number of nitrogens with zero attached hydrogens (tertiary/aromatic N) is 2. The van der Waals surface area contributed by atoms with Crippen molar-refractivity contribution in [2.24, 2.45) is 5.92 Å². The van der Waals surface area contributed by atoms with Gasteiger partial charge in [-0.05, 0) is 41.8 Å². The maximum Gasteiger partial charge on any atom is 0.262 e. The zero-order chi connectivity index (χ0) is 21.5. The third-order valence-corrected chi connectivity index (χ3v) is 5.95. The van der Waals surface area contributed by atoms with Gasteiger partial charge in [-0.25, -0.2) is 9.45 Å². The van der Waals surface area contributed by atoms with Crippen LogP contribution < -0.4 is 5.06 Å². The van der Waals surface area contributed by atoms with Crippen molar-refractivity contribution >= 4 is 17.5 Å². The Hall–Kier alpha value is -3.51. The van der Waals surface area contributed by atoms with Crippen molar-refractivity contribution < 1.29 is 18.8 Å². The number of aryl methyl sites for hydroxylation is 1. The molecule has 3 aromatic rings. The van der Waals surface area contributed by atoms with Crippen molar-refractivity contribution in [3.63, 3.8) is 0 Å². The van der Waals surface area contributed by atoms with E-state index >= 15 is 0 Å². The first-order valence-corrected chi connectivity index (χ1v) is 10.2. The molecule has 0 unspecified atom stereocenters. The van der Waals surface area contributed by atoms with Gasteiger partial charge in [0.05, 0.1) is 18.3 Å². The number of hydrogen-bond donors (Lipinski definition) is 0. The molecule has 2 amide bonds. The number of halogens is 1. The fourth-order valence-corrected chi connectivity index (χ4v) is 4.41. The van der Waals surface area contributed by atoms with Crippen molar-refractivity contribution in [1.29, 1.82) is 0 Å². The molecule has 3 atom stereocenters. The lowest BCUT2D eigenvalue weighted by molar-refractivity contribution is -0.143. The van der Waals surface area contributed by atoms with E-state index in [-0.39, 0.29) is 24.2 Å². The molecule has 2 aliphatic rings. The van der Waals surface area contributed by atoms with Crippen LogP contribution in [0.1, 0.15) is 22.7 Å². The minimum atomic E-state index is -0.911. The number of hydroxylamine groups is 1. The van der Waals surface area contributed by atoms with Crippen LogP contribution in [0.15, 0.2) is 78.9 Å². The number of carbonyl (C=O) groups is 2. The van der Waals surface area contributed by atoms with Gasteiger partial charge in [-0.3, -0.25) is 19.3 Å². The first-order valence-electron chi connectivity index (χ1n) is 10.2. The Morgan fingerprint density at radius 1 is 0.871 bits per heavy atom. The molecular formula is C25H21FN2O3. The number of benzene rings is 3. The van der Waals surface area contributed by atoms with Crippen molar-refractivity contribution in [3.05, 3.63) is 101 Å². The number of amides is 2. The van der Waals surface area contributed by atoms with Crippen molar-refractivity contribution in [1.82, 2.24) is 4.90 Å². The number of likely N-dealkylation sites (tertiary alicyclic amines) is 1. The predicted octanol–water partition coefficient (Wildman–Crippen LogP) is 4.18. The van der Waals surface area contributed by atoms with Gasteiger partial charge >= 0.3 is 0 Å². The molecule has 0 radical (unpaired) electrons. The van der Waals surface area contributed by atoms with E-state index in [0.717, 1.165) is 22.4 Å². The van der Waals surface area contributed by atoms with Crippen LogP contribution in [0.5, 0.6) is 0 Å². The van der Waals surface area contributed by atoms with E-state index in [2.05, 4.69) is 0 Å². The van der Waals surface area contributed by atoms with E-state index in [0.29, 0.717) is 0 Å². The average Bonchev–Trinajstić information content (AvgIpc) is 3.27. The number of fused-ring (bicyclic) bond motifs is 1. The SMILES string of the molecule is Cc1ccccc1N1O[C@H]2C(=O)N(Cc3ccccc3)C(=O)[C@@H]2[C@H]1c1ccc(F)cc1. The second-order valence-corrected chi connectivity index (χ2v) is 7.91. The number of anilines is 1. The summed E-state index contributed by atoms with van der Waals surface area (Å²) in [7, 11) is 0. The van der Waals surface area contributed by atoms with Gasteiger partial charge in [-0.15, -0.1) is 0 Å². The lowest BCUT2D eigenvalue weighted by atomic mass is 9.90. The fourth-order valence-electron chi connectivity index (χ4n) is 4.41. The zero-order valence-corrected chi connectivity index (χ0v) is 16.9. The van der Waals surface area contributed by atoms with Gasteiger partial charge in [-0.2, -0.15) is 0 Å². The quantitative estimate of drug-likeness (QED) is 0.599. The second kappa shape index (κ2) is 7.63. The van der Waals surface area contributed by atoms with Crippen LogP contribution in [0, 0.1) is 18.7 Å². The molecule has 6 heteroatoms. The second-order valence-electron chi connectivity index (χ2n) is 7.91. The summed E-state index contributed by atoms with van der Waals surface area (Å²) >= 11 is 0. The van der Waals surface area contributed by atoms with Crippen LogP contribution in [-0.4, -0.2) is 22.8 Å². The van der Waals surface area contributed by atoms with E-state index in [1.54, 1.807) is 17.2 Å². The molecule has 156 valence electrons. The third-order valence-electron chi connectivity index (χ3n) is 5.95. The molecule has 2 heterocycles. The largest absolute Gasteiger partial charge is 0.275 e. The molecule has 0 saturated carbocycles. The maximum atomic E-state index is 13.6. The highest BCUT2D eigenvalue weighted by atomic mass is 19.1. The summed E-state index contributed by atoms with van der Waals surface area (Å²) in [6, 6.07) is 22.5. The monoisotopic (exact) mass is 416 g/mol. The summed E-state index contributed by atoms with van der Waals surface area (Å²) in [5, 5.41) is 1.65. The van der Waals surface area contributed by atoms with Crippen molar-refractivity contribution in [2.75, 3.05) is 5.06 Å². The van der Waals surface area contributed by atoms with Crippen LogP contribution in [0.4, 0.5) is 10.1 Å². The number of para-hydroxylation sites is 1. The Balaban J connectivity index is 1.54. The molecule has 2 saturated heterocycles. The highest BCUT2D eigenvalue weighted by Crippen LogP contribution is 2.47. The topological polar surface area (TPSA) is 49.9 Å². The summed E-state index contributed by atoms with van der Waals surface area (Å²) in [6.45, 7) is 2.15. The van der Waals surface area contributed by atoms with Gasteiger partial charge in [0.2, 0.25) is 5.91 Å². The van der Waals surface area contributed by atoms with E-state index in [1.165, 1.54) is 17.0 Å². The van der Waals surface area contributed by atoms with E-state index < -0.39 is 18.1 Å². The zero-order valence-electron chi connectivity index (χ0n) is 16.9. The molecule has 0 bridgehead atoms. The van der Waals surface area contributed by atoms with Gasteiger partial charge in [0.15, 0.2) is 6.10 Å². The fraction of sp³-hybridized carbons (Fsp3) is 0.200. The summed E-state index contributed by atoms with van der Waals surface area (Å²) in [5.41, 5.74) is 3.33. The average molecular weight is 416 g/mol. The molecule has 0 spiro atoms. The Morgan fingerprint density at radius 2 is 1.55 bits per heavy atom. The Kier molecular flexibility index (Phi) is 4.79. The predicted molar refractivity (Wildman–Crippen MR) is 113 cm³/mol. The minimum absolute atomic E-state index is 0.204. The van der Waals surface area contributed by atoms with Crippen LogP contribution in [0.2, 0.25) is 0 Å². The maximum absolute atomic E-state index is 13.6. The number of rotatable bonds is 4. The van der Waals surface area contributed by atoms with Gasteiger partial charge in [0, 0.05) is 0 Å². The molecule has 5 rings (SSSR count). The van der Waals surface area contributed by atoms with E-state index in [4.69, 9.17) is 4.84 Å². The van der Waals surface area contributed by atoms with Crippen LogP contribution >= 0.6 is 0 Å². The molecular weight excluding hydrogens is 395 g/mol. The van der Waals surface area contributed by atoms with Crippen LogP contribution in [-0.2, 0) is 21.0 Å². The van der Waals surface area contributed by atoms with E-state index in [1.807, 2.05) is 61.5 Å². The van der Waals surface area contributed by atoms with Gasteiger partial charge in [0.25, 0.3) is 5.91 Å². The Bertz CT molecular complexity index is 1130. The molecule has 3 aromatic carbocycles. The standard InChI is InChI=1S/C25H21FN2O3/c1-16-7-5-6-10-20(16)28-22(18-11-13-19(26)14-12-18)21-23(31-28)25(30)27(24(21)29)15-17-8-3-2-4-9-17/h2-14,21-23H,15H2,1H3/t21-,22-,23-/m1/s1. The summed E-state index contributed by atoms with van der Waals surface area (Å²) in [6.07, 6.45) is -0.911. The molecule has 31 heavy (non-hydrogen) atoms. The molecule has 5 nitrogen and oxygen atoms in total. The number of carbonyl (C=O) groups excluding carboxylic acids is 2. The third kappa shape index (κ3) is 3.29. The minimum Gasteiger partial charge on any atom is -0.275 e. The van der Waals surface area contributed by atoms with Crippen molar-refractivity contribution in [3.8, 4) is 0 Å². The number of hydrogen-bond acceptors (Lipinski definition) is 4. The smallest absolute Gasteiger partial charge is 0.262 e. The Morgan fingerprint density at radius 3 is 2.26 bits per heavy atom. The molecule has 0 N–H and O–H groups in total. The molecule has 2 aliphatic heterocycles. The van der Waals surface area contributed by atoms with E-state index in [9.17, 15) is 14.0 Å². The first kappa shape index (κ1) is 19.5.